The zero-order valence-corrected chi connectivity index (χ0v) is 13.6. The third kappa shape index (κ3) is 2.71. The zero-order chi connectivity index (χ0) is 17.4. The second-order valence-corrected chi connectivity index (χ2v) is 6.32. The van der Waals surface area contributed by atoms with Crippen LogP contribution in [0, 0.1) is 0 Å². The summed E-state index contributed by atoms with van der Waals surface area (Å²) < 4.78 is 0. The molecule has 7 heteroatoms. The lowest BCUT2D eigenvalue weighted by atomic mass is 10.0. The van der Waals surface area contributed by atoms with Crippen molar-refractivity contribution < 1.29 is 19.2 Å². The van der Waals surface area contributed by atoms with Gasteiger partial charge in [0.2, 0.25) is 11.8 Å². The summed E-state index contributed by atoms with van der Waals surface area (Å²) in [5, 5.41) is 5.42. The molecule has 4 amide bonds. The first-order valence-corrected chi connectivity index (χ1v) is 7.97. The number of benzene rings is 1. The minimum Gasteiger partial charge on any atom is -0.310 e. The number of hydrogen-bond donors (Lipinski definition) is 2. The van der Waals surface area contributed by atoms with Gasteiger partial charge in [0.05, 0.1) is 11.1 Å². The van der Waals surface area contributed by atoms with E-state index < -0.39 is 23.8 Å². The molecule has 2 N–H and O–H groups in total. The van der Waals surface area contributed by atoms with E-state index in [0.29, 0.717) is 17.7 Å². The molecule has 0 aliphatic carbocycles. The molecule has 2 heterocycles. The van der Waals surface area contributed by atoms with Crippen molar-refractivity contribution in [2.75, 3.05) is 0 Å². The molecular formula is C17H19N3O4. The lowest BCUT2D eigenvalue weighted by Gasteiger charge is -2.27. The second kappa shape index (κ2) is 6.16. The first-order chi connectivity index (χ1) is 11.4. The second-order valence-electron chi connectivity index (χ2n) is 6.32. The van der Waals surface area contributed by atoms with Gasteiger partial charge in [0.1, 0.15) is 6.04 Å². The number of carbonyl (C=O) groups is 4. The summed E-state index contributed by atoms with van der Waals surface area (Å²) in [6.45, 7) is 4.45. The van der Waals surface area contributed by atoms with Crippen molar-refractivity contribution in [1.29, 1.82) is 0 Å². The standard InChI is InChI=1S/C17H19N3O4/c1-9(2)18-8-10-4-3-5-11-14(10)17(24)20(16(11)23)12-6-7-13(21)19-15(12)22/h3-5,9,12,18H,6-8H2,1-2H3,(H,19,21,22). The number of rotatable bonds is 4. The molecule has 1 fully saturated rings. The molecule has 1 saturated heterocycles. The van der Waals surface area contributed by atoms with E-state index in [-0.39, 0.29) is 24.8 Å². The van der Waals surface area contributed by atoms with Crippen LogP contribution in [-0.2, 0) is 16.1 Å². The van der Waals surface area contributed by atoms with Gasteiger partial charge in [0, 0.05) is 19.0 Å². The number of nitrogens with one attached hydrogen (secondary N) is 2. The van der Waals surface area contributed by atoms with E-state index in [1.165, 1.54) is 0 Å². The molecule has 3 rings (SSSR count). The van der Waals surface area contributed by atoms with Gasteiger partial charge < -0.3 is 5.32 Å². The number of carbonyl (C=O) groups excluding carboxylic acids is 4. The van der Waals surface area contributed by atoms with Crippen LogP contribution in [0.25, 0.3) is 0 Å². The van der Waals surface area contributed by atoms with Gasteiger partial charge >= 0.3 is 0 Å². The van der Waals surface area contributed by atoms with Crippen LogP contribution < -0.4 is 10.6 Å². The van der Waals surface area contributed by atoms with Gasteiger partial charge in [0.25, 0.3) is 11.8 Å². The molecule has 0 bridgehead atoms. The van der Waals surface area contributed by atoms with Crippen LogP contribution >= 0.6 is 0 Å². The quantitative estimate of drug-likeness (QED) is 0.788. The molecular weight excluding hydrogens is 310 g/mol. The normalized spacial score (nSPS) is 20.6. The molecule has 7 nitrogen and oxygen atoms in total. The van der Waals surface area contributed by atoms with Crippen molar-refractivity contribution in [1.82, 2.24) is 15.5 Å². The van der Waals surface area contributed by atoms with Gasteiger partial charge in [-0.25, -0.2) is 0 Å². The highest BCUT2D eigenvalue weighted by molar-refractivity contribution is 6.24. The molecule has 126 valence electrons. The zero-order valence-electron chi connectivity index (χ0n) is 13.6. The summed E-state index contributed by atoms with van der Waals surface area (Å²) in [6.07, 6.45) is 0.279. The fourth-order valence-corrected chi connectivity index (χ4v) is 3.05. The Labute approximate surface area is 139 Å². The van der Waals surface area contributed by atoms with Crippen molar-refractivity contribution >= 4 is 23.6 Å². The average molecular weight is 329 g/mol. The Morgan fingerprint density at radius 3 is 2.62 bits per heavy atom. The molecule has 0 spiro atoms. The molecule has 1 aromatic carbocycles. The van der Waals surface area contributed by atoms with E-state index >= 15 is 0 Å². The van der Waals surface area contributed by atoms with Gasteiger partial charge in [-0.05, 0) is 18.1 Å². The number of hydrogen-bond acceptors (Lipinski definition) is 5. The summed E-state index contributed by atoms with van der Waals surface area (Å²) in [5.74, 6) is -1.92. The van der Waals surface area contributed by atoms with Crippen LogP contribution in [0.5, 0.6) is 0 Å². The summed E-state index contributed by atoms with van der Waals surface area (Å²) >= 11 is 0. The van der Waals surface area contributed by atoms with Gasteiger partial charge in [-0.2, -0.15) is 0 Å². The third-order valence-electron chi connectivity index (χ3n) is 4.26. The van der Waals surface area contributed by atoms with Gasteiger partial charge in [-0.15, -0.1) is 0 Å². The number of fused-ring (bicyclic) bond motifs is 1. The summed E-state index contributed by atoms with van der Waals surface area (Å²) in [5.41, 5.74) is 1.39. The Morgan fingerprint density at radius 2 is 1.96 bits per heavy atom. The summed E-state index contributed by atoms with van der Waals surface area (Å²) in [7, 11) is 0. The van der Waals surface area contributed by atoms with E-state index in [4.69, 9.17) is 0 Å². The van der Waals surface area contributed by atoms with Crippen LogP contribution in [0.2, 0.25) is 0 Å². The molecule has 0 aromatic heterocycles. The van der Waals surface area contributed by atoms with Crippen molar-refractivity contribution in [2.45, 2.75) is 45.3 Å². The largest absolute Gasteiger partial charge is 0.310 e. The molecule has 0 radical (unpaired) electrons. The van der Waals surface area contributed by atoms with Crippen LogP contribution in [0.1, 0.15) is 53.0 Å². The van der Waals surface area contributed by atoms with E-state index in [9.17, 15) is 19.2 Å². The van der Waals surface area contributed by atoms with Gasteiger partial charge in [-0.1, -0.05) is 26.0 Å². The Balaban J connectivity index is 1.92. The highest BCUT2D eigenvalue weighted by Gasteiger charge is 2.45. The van der Waals surface area contributed by atoms with Crippen LogP contribution in [0.15, 0.2) is 18.2 Å². The summed E-state index contributed by atoms with van der Waals surface area (Å²) in [6, 6.07) is 4.43. The van der Waals surface area contributed by atoms with Crippen LogP contribution in [0.3, 0.4) is 0 Å². The molecule has 2 aliphatic rings. The Hall–Kier alpha value is -2.54. The Bertz CT molecular complexity index is 741. The topological polar surface area (TPSA) is 95.6 Å². The highest BCUT2D eigenvalue weighted by Crippen LogP contribution is 2.29. The molecule has 1 atom stereocenters. The van der Waals surface area contributed by atoms with Gasteiger partial charge in [-0.3, -0.25) is 29.4 Å². The predicted molar refractivity (Wildman–Crippen MR) is 85.1 cm³/mol. The minimum absolute atomic E-state index is 0.117. The maximum absolute atomic E-state index is 12.8. The summed E-state index contributed by atoms with van der Waals surface area (Å²) in [4.78, 5) is 49.8. The smallest absolute Gasteiger partial charge is 0.262 e. The third-order valence-corrected chi connectivity index (χ3v) is 4.26. The number of amides is 4. The predicted octanol–water partition coefficient (Wildman–Crippen LogP) is 0.586. The maximum Gasteiger partial charge on any atom is 0.262 e. The lowest BCUT2D eigenvalue weighted by Crippen LogP contribution is -2.54. The number of imide groups is 2. The van der Waals surface area contributed by atoms with Crippen molar-refractivity contribution in [3.05, 3.63) is 34.9 Å². The molecule has 2 aliphatic heterocycles. The first kappa shape index (κ1) is 16.3. The fourth-order valence-electron chi connectivity index (χ4n) is 3.05. The van der Waals surface area contributed by atoms with E-state index in [1.807, 2.05) is 13.8 Å². The lowest BCUT2D eigenvalue weighted by molar-refractivity contribution is -0.136. The van der Waals surface area contributed by atoms with E-state index in [1.54, 1.807) is 18.2 Å². The first-order valence-electron chi connectivity index (χ1n) is 7.97. The Kier molecular flexibility index (Phi) is 4.19. The molecule has 1 aromatic rings. The SMILES string of the molecule is CC(C)NCc1cccc2c1C(=O)N(C1CCC(=O)NC1=O)C2=O. The number of nitrogens with zero attached hydrogens (tertiary/aromatic N) is 1. The average Bonchev–Trinajstić information content (AvgIpc) is 2.78. The molecule has 0 saturated carbocycles. The highest BCUT2D eigenvalue weighted by atomic mass is 16.2. The maximum atomic E-state index is 12.8. The Morgan fingerprint density at radius 1 is 1.21 bits per heavy atom. The fraction of sp³-hybridized carbons (Fsp3) is 0.412. The number of piperidine rings is 1. The van der Waals surface area contributed by atoms with Crippen molar-refractivity contribution in [2.24, 2.45) is 0 Å². The van der Waals surface area contributed by atoms with Crippen molar-refractivity contribution in [3.63, 3.8) is 0 Å². The van der Waals surface area contributed by atoms with Crippen molar-refractivity contribution in [3.8, 4) is 0 Å². The van der Waals surface area contributed by atoms with Crippen LogP contribution in [-0.4, -0.2) is 40.6 Å². The molecule has 24 heavy (non-hydrogen) atoms. The van der Waals surface area contributed by atoms with Crippen LogP contribution in [0.4, 0.5) is 0 Å². The molecule has 1 unspecified atom stereocenters. The monoisotopic (exact) mass is 329 g/mol. The minimum atomic E-state index is -0.930. The van der Waals surface area contributed by atoms with E-state index in [2.05, 4.69) is 10.6 Å². The van der Waals surface area contributed by atoms with Gasteiger partial charge in [0.15, 0.2) is 0 Å². The van der Waals surface area contributed by atoms with E-state index in [0.717, 1.165) is 10.5 Å².